The highest BCUT2D eigenvalue weighted by molar-refractivity contribution is 7.18. The van der Waals surface area contributed by atoms with Crippen LogP contribution in [0.5, 0.6) is 17.2 Å². The van der Waals surface area contributed by atoms with E-state index in [0.29, 0.717) is 53.2 Å². The lowest BCUT2D eigenvalue weighted by atomic mass is 10.1. The van der Waals surface area contributed by atoms with Gasteiger partial charge in [0.2, 0.25) is 5.75 Å². The molecule has 3 rings (SSSR count). The first-order valence-electron chi connectivity index (χ1n) is 11.3. The third-order valence-corrected chi connectivity index (χ3v) is 5.83. The van der Waals surface area contributed by atoms with Crippen LogP contribution in [0.25, 0.3) is 10.4 Å². The average Bonchev–Trinajstić information content (AvgIpc) is 3.26. The Labute approximate surface area is 203 Å². The molecular weight excluding hydrogens is 454 g/mol. The summed E-state index contributed by atoms with van der Waals surface area (Å²) >= 11 is 1.27. The van der Waals surface area contributed by atoms with Crippen LogP contribution >= 0.6 is 11.3 Å². The Morgan fingerprint density at radius 3 is 2.00 bits per heavy atom. The molecule has 0 aliphatic rings. The number of thiophene rings is 1. The first-order valence-corrected chi connectivity index (χ1v) is 12.1. The smallest absolute Gasteiger partial charge is 0.350 e. The van der Waals surface area contributed by atoms with Crippen molar-refractivity contribution >= 4 is 28.9 Å². The zero-order chi connectivity index (χ0) is 24.5. The Kier molecular flexibility index (Phi) is 8.93. The molecule has 2 aromatic carbocycles. The fourth-order valence-corrected chi connectivity index (χ4v) is 4.30. The summed E-state index contributed by atoms with van der Waals surface area (Å²) in [4.78, 5) is 27.0. The monoisotopic (exact) mass is 483 g/mol. The maximum atomic E-state index is 13.3. The number of nitrogens with one attached hydrogen (secondary N) is 1. The van der Waals surface area contributed by atoms with Crippen molar-refractivity contribution in [2.24, 2.45) is 0 Å². The molecule has 0 bridgehead atoms. The molecule has 0 spiro atoms. The summed E-state index contributed by atoms with van der Waals surface area (Å²) in [5, 5.41) is 2.87. The van der Waals surface area contributed by atoms with Crippen LogP contribution in [0.2, 0.25) is 0 Å². The number of amides is 1. The van der Waals surface area contributed by atoms with E-state index in [1.165, 1.54) is 11.3 Å². The minimum Gasteiger partial charge on any atom is -0.490 e. The molecule has 1 N–H and O–H groups in total. The maximum Gasteiger partial charge on any atom is 0.350 e. The first kappa shape index (κ1) is 25.1. The number of benzene rings is 2. The molecule has 0 unspecified atom stereocenters. The van der Waals surface area contributed by atoms with Crippen LogP contribution in [0.15, 0.2) is 48.5 Å². The molecule has 0 aliphatic carbocycles. The Bertz CT molecular complexity index is 1100. The number of hydrogen-bond donors (Lipinski definition) is 1. The molecule has 7 nitrogen and oxygen atoms in total. The van der Waals surface area contributed by atoms with Crippen molar-refractivity contribution in [2.45, 2.75) is 27.7 Å². The van der Waals surface area contributed by atoms with Gasteiger partial charge in [0.1, 0.15) is 4.88 Å². The quantitative estimate of drug-likeness (QED) is 0.335. The molecule has 0 radical (unpaired) electrons. The van der Waals surface area contributed by atoms with Crippen molar-refractivity contribution in [2.75, 3.05) is 31.7 Å². The lowest BCUT2D eigenvalue weighted by Crippen LogP contribution is -2.15. The normalized spacial score (nSPS) is 10.5. The molecular formula is C26H29NO6S. The second-order valence-corrected chi connectivity index (χ2v) is 8.05. The Balaban J connectivity index is 1.99. The number of carbonyl (C=O) groups is 2. The minimum atomic E-state index is -0.485. The molecule has 1 heterocycles. The first-order chi connectivity index (χ1) is 16.5. The fraction of sp³-hybridized carbons (Fsp3) is 0.308. The van der Waals surface area contributed by atoms with E-state index in [9.17, 15) is 9.59 Å². The fourth-order valence-electron chi connectivity index (χ4n) is 3.29. The van der Waals surface area contributed by atoms with E-state index in [4.69, 9.17) is 18.9 Å². The highest BCUT2D eigenvalue weighted by atomic mass is 32.1. The summed E-state index contributed by atoms with van der Waals surface area (Å²) in [7, 11) is 0. The number of hydrogen-bond acceptors (Lipinski definition) is 7. The predicted molar refractivity (Wildman–Crippen MR) is 134 cm³/mol. The van der Waals surface area contributed by atoms with Crippen LogP contribution in [-0.4, -0.2) is 38.3 Å². The summed E-state index contributed by atoms with van der Waals surface area (Å²) in [5.74, 6) is 0.397. The Morgan fingerprint density at radius 1 is 0.824 bits per heavy atom. The van der Waals surface area contributed by atoms with Gasteiger partial charge in [0.05, 0.1) is 32.1 Å². The van der Waals surface area contributed by atoms with Gasteiger partial charge in [-0.2, -0.15) is 0 Å². The molecule has 1 amide bonds. The van der Waals surface area contributed by atoms with E-state index in [2.05, 4.69) is 5.32 Å². The second-order valence-electron chi connectivity index (χ2n) is 6.99. The van der Waals surface area contributed by atoms with Gasteiger partial charge in [0, 0.05) is 10.4 Å². The molecule has 34 heavy (non-hydrogen) atoms. The van der Waals surface area contributed by atoms with Gasteiger partial charge in [-0.15, -0.1) is 11.3 Å². The third kappa shape index (κ3) is 5.88. The highest BCUT2D eigenvalue weighted by Gasteiger charge is 2.23. The molecule has 0 saturated heterocycles. The number of esters is 1. The summed E-state index contributed by atoms with van der Waals surface area (Å²) in [5.41, 5.74) is 1.65. The van der Waals surface area contributed by atoms with Crippen molar-refractivity contribution in [1.82, 2.24) is 0 Å². The van der Waals surface area contributed by atoms with Gasteiger partial charge in [-0.1, -0.05) is 30.3 Å². The van der Waals surface area contributed by atoms with Crippen molar-refractivity contribution in [3.05, 3.63) is 59.0 Å². The lowest BCUT2D eigenvalue weighted by Gasteiger charge is -2.17. The van der Waals surface area contributed by atoms with Gasteiger partial charge >= 0.3 is 5.97 Å². The zero-order valence-corrected chi connectivity index (χ0v) is 20.6. The van der Waals surface area contributed by atoms with Gasteiger partial charge in [0.25, 0.3) is 5.91 Å². The van der Waals surface area contributed by atoms with Crippen LogP contribution in [0.1, 0.15) is 47.7 Å². The van der Waals surface area contributed by atoms with E-state index < -0.39 is 11.9 Å². The number of carbonyl (C=O) groups excluding carboxylic acids is 2. The van der Waals surface area contributed by atoms with E-state index in [0.717, 1.165) is 10.4 Å². The summed E-state index contributed by atoms with van der Waals surface area (Å²) in [6.07, 6.45) is 0. The summed E-state index contributed by atoms with van der Waals surface area (Å²) < 4.78 is 22.4. The van der Waals surface area contributed by atoms with Gasteiger partial charge < -0.3 is 24.3 Å². The largest absolute Gasteiger partial charge is 0.490 e. The van der Waals surface area contributed by atoms with Crippen LogP contribution in [-0.2, 0) is 4.74 Å². The van der Waals surface area contributed by atoms with E-state index in [-0.39, 0.29) is 6.61 Å². The van der Waals surface area contributed by atoms with E-state index in [1.54, 1.807) is 25.1 Å². The molecule has 1 aromatic heterocycles. The van der Waals surface area contributed by atoms with Crippen LogP contribution < -0.4 is 19.5 Å². The van der Waals surface area contributed by atoms with Gasteiger partial charge in [-0.05, 0) is 51.5 Å². The van der Waals surface area contributed by atoms with Crippen LogP contribution in [0.4, 0.5) is 5.69 Å². The third-order valence-electron chi connectivity index (χ3n) is 4.67. The molecule has 0 aliphatic heterocycles. The molecule has 180 valence electrons. The van der Waals surface area contributed by atoms with Crippen LogP contribution in [0.3, 0.4) is 0 Å². The predicted octanol–water partition coefficient (Wildman–Crippen LogP) is 6.04. The van der Waals surface area contributed by atoms with Crippen molar-refractivity contribution in [3.8, 4) is 27.7 Å². The zero-order valence-electron chi connectivity index (χ0n) is 19.8. The Morgan fingerprint density at radius 2 is 1.44 bits per heavy atom. The number of rotatable bonds is 11. The maximum absolute atomic E-state index is 13.3. The molecule has 0 fully saturated rings. The molecule has 3 aromatic rings. The topological polar surface area (TPSA) is 83.1 Å². The average molecular weight is 484 g/mol. The Hall–Kier alpha value is -3.52. The van der Waals surface area contributed by atoms with Gasteiger partial charge in [0.15, 0.2) is 11.5 Å². The van der Waals surface area contributed by atoms with Gasteiger partial charge in [-0.3, -0.25) is 4.79 Å². The summed E-state index contributed by atoms with van der Waals surface area (Å²) in [6, 6.07) is 14.7. The van der Waals surface area contributed by atoms with Gasteiger partial charge in [-0.25, -0.2) is 4.79 Å². The second kappa shape index (κ2) is 12.1. The number of ether oxygens (including phenoxy) is 4. The highest BCUT2D eigenvalue weighted by Crippen LogP contribution is 2.40. The lowest BCUT2D eigenvalue weighted by molar-refractivity contribution is 0.0533. The standard InChI is InChI=1S/C26H29NO6S/c1-5-30-20-14-18(15-21(31-6-2)23(20)32-7-3)25(28)27-19-16-22(17-12-10-9-11-13-17)34-24(19)26(29)33-8-4/h9-16H,5-8H2,1-4H3,(H,27,28). The summed E-state index contributed by atoms with van der Waals surface area (Å²) in [6.45, 7) is 8.76. The molecule has 0 atom stereocenters. The van der Waals surface area contributed by atoms with Crippen molar-refractivity contribution in [1.29, 1.82) is 0 Å². The van der Waals surface area contributed by atoms with Crippen molar-refractivity contribution in [3.63, 3.8) is 0 Å². The molecule has 0 saturated carbocycles. The van der Waals surface area contributed by atoms with E-state index in [1.807, 2.05) is 51.1 Å². The van der Waals surface area contributed by atoms with Crippen LogP contribution in [0, 0.1) is 0 Å². The molecule has 8 heteroatoms. The van der Waals surface area contributed by atoms with Crippen molar-refractivity contribution < 1.29 is 28.5 Å². The van der Waals surface area contributed by atoms with E-state index >= 15 is 0 Å². The number of anilines is 1. The SMILES string of the molecule is CCOC(=O)c1sc(-c2ccccc2)cc1NC(=O)c1cc(OCC)c(OCC)c(OCC)c1. The minimum absolute atomic E-state index is 0.235.